The molecule has 0 aliphatic rings. The maximum atomic E-state index is 12.9. The first kappa shape index (κ1) is 21.7. The molecule has 3 N–H and O–H groups in total. The molecule has 1 heterocycles. The van der Waals surface area contributed by atoms with Crippen molar-refractivity contribution >= 4 is 17.8 Å². The molecule has 0 aliphatic heterocycles. The first-order valence-electron chi connectivity index (χ1n) is 9.65. The molecule has 0 atom stereocenters. The van der Waals surface area contributed by atoms with Crippen molar-refractivity contribution in [2.24, 2.45) is 0 Å². The van der Waals surface area contributed by atoms with Gasteiger partial charge in [0.25, 0.3) is 11.8 Å². The van der Waals surface area contributed by atoms with E-state index in [2.05, 4.69) is 10.3 Å². The molecule has 4 amide bonds. The van der Waals surface area contributed by atoms with Crippen LogP contribution in [0.15, 0.2) is 79.0 Å². The van der Waals surface area contributed by atoms with Crippen molar-refractivity contribution in [1.29, 1.82) is 0 Å². The highest BCUT2D eigenvalue weighted by atomic mass is 16.5. The number of aromatic nitrogens is 1. The summed E-state index contributed by atoms with van der Waals surface area (Å²) in [5.74, 6) is -1.10. The van der Waals surface area contributed by atoms with Crippen LogP contribution in [0.2, 0.25) is 0 Å². The Labute approximate surface area is 179 Å². The lowest BCUT2D eigenvalue weighted by molar-refractivity contribution is 0.0706. The lowest BCUT2D eigenvalue weighted by Gasteiger charge is -2.23. The van der Waals surface area contributed by atoms with E-state index in [4.69, 9.17) is 5.21 Å². The van der Waals surface area contributed by atoms with Crippen molar-refractivity contribution in [2.45, 2.75) is 13.0 Å². The molecule has 0 radical (unpaired) electrons. The monoisotopic (exact) mass is 418 g/mol. The predicted octanol–water partition coefficient (Wildman–Crippen LogP) is 2.80. The molecular formula is C23H22N4O4. The minimum absolute atomic E-state index is 0.224. The van der Waals surface area contributed by atoms with Gasteiger partial charge in [0, 0.05) is 42.5 Å². The minimum atomic E-state index is -0.621. The standard InChI is InChI=1S/C23H22N4O4/c28-21(18-6-2-1-3-7-18)25-23(30)27(15-13-20-8-4-5-14-24-20)16-17-9-11-19(12-10-17)22(29)26-31/h1-12,14,31H,13,15-16H2,(H,26,29)(H,25,28,30). The zero-order valence-corrected chi connectivity index (χ0v) is 16.7. The number of urea groups is 1. The van der Waals surface area contributed by atoms with Gasteiger partial charge in [-0.3, -0.25) is 25.1 Å². The molecular weight excluding hydrogens is 396 g/mol. The Morgan fingerprint density at radius 3 is 2.16 bits per heavy atom. The van der Waals surface area contributed by atoms with E-state index >= 15 is 0 Å². The maximum absolute atomic E-state index is 12.9. The number of carbonyl (C=O) groups excluding carboxylic acids is 3. The normalized spacial score (nSPS) is 10.2. The Bertz CT molecular complexity index is 1020. The van der Waals surface area contributed by atoms with Gasteiger partial charge in [-0.15, -0.1) is 0 Å². The van der Waals surface area contributed by atoms with Crippen LogP contribution in [0.5, 0.6) is 0 Å². The number of nitrogens with one attached hydrogen (secondary N) is 2. The summed E-state index contributed by atoms with van der Waals surface area (Å²) in [6.45, 7) is 0.561. The number of amides is 4. The molecule has 31 heavy (non-hydrogen) atoms. The fourth-order valence-corrected chi connectivity index (χ4v) is 2.93. The Morgan fingerprint density at radius 1 is 0.839 bits per heavy atom. The van der Waals surface area contributed by atoms with Gasteiger partial charge < -0.3 is 4.90 Å². The Balaban J connectivity index is 1.72. The summed E-state index contributed by atoms with van der Waals surface area (Å²) in [5.41, 5.74) is 3.84. The number of hydrogen-bond donors (Lipinski definition) is 3. The van der Waals surface area contributed by atoms with E-state index in [1.165, 1.54) is 4.90 Å². The topological polar surface area (TPSA) is 112 Å². The lowest BCUT2D eigenvalue weighted by Crippen LogP contribution is -2.43. The molecule has 0 spiro atoms. The van der Waals surface area contributed by atoms with Crippen LogP contribution in [0, 0.1) is 0 Å². The third kappa shape index (κ3) is 6.22. The van der Waals surface area contributed by atoms with Gasteiger partial charge in [-0.2, -0.15) is 0 Å². The first-order chi connectivity index (χ1) is 15.1. The number of benzene rings is 2. The molecule has 3 rings (SSSR count). The molecule has 158 valence electrons. The second-order valence-corrected chi connectivity index (χ2v) is 6.76. The van der Waals surface area contributed by atoms with Crippen molar-refractivity contribution in [1.82, 2.24) is 20.7 Å². The van der Waals surface area contributed by atoms with E-state index in [-0.39, 0.29) is 12.1 Å². The Hall–Kier alpha value is -4.04. The minimum Gasteiger partial charge on any atom is -0.320 e. The quantitative estimate of drug-likeness (QED) is 0.404. The largest absolute Gasteiger partial charge is 0.324 e. The Morgan fingerprint density at radius 2 is 1.52 bits per heavy atom. The smallest absolute Gasteiger partial charge is 0.320 e. The molecule has 8 nitrogen and oxygen atoms in total. The highest BCUT2D eigenvalue weighted by Crippen LogP contribution is 2.10. The average Bonchev–Trinajstić information content (AvgIpc) is 2.82. The van der Waals surface area contributed by atoms with Gasteiger partial charge in [0.2, 0.25) is 0 Å². The zero-order valence-electron chi connectivity index (χ0n) is 16.7. The van der Waals surface area contributed by atoms with Crippen LogP contribution in [0.1, 0.15) is 32.0 Å². The summed E-state index contributed by atoms with van der Waals surface area (Å²) in [7, 11) is 0. The van der Waals surface area contributed by atoms with Crippen LogP contribution in [-0.2, 0) is 13.0 Å². The van der Waals surface area contributed by atoms with Crippen LogP contribution in [-0.4, -0.2) is 39.5 Å². The lowest BCUT2D eigenvalue weighted by atomic mass is 10.1. The number of hydrogen-bond acceptors (Lipinski definition) is 5. The molecule has 0 bridgehead atoms. The second kappa shape index (κ2) is 10.7. The molecule has 0 unspecified atom stereocenters. The fraction of sp³-hybridized carbons (Fsp3) is 0.130. The number of carbonyl (C=O) groups is 3. The molecule has 8 heteroatoms. The van der Waals surface area contributed by atoms with E-state index in [1.54, 1.807) is 66.3 Å². The summed E-state index contributed by atoms with van der Waals surface area (Å²) < 4.78 is 0. The van der Waals surface area contributed by atoms with Gasteiger partial charge >= 0.3 is 6.03 Å². The zero-order chi connectivity index (χ0) is 22.1. The van der Waals surface area contributed by atoms with Gasteiger partial charge in [0.05, 0.1) is 0 Å². The fourth-order valence-electron chi connectivity index (χ4n) is 2.93. The van der Waals surface area contributed by atoms with E-state index in [0.717, 1.165) is 11.3 Å². The van der Waals surface area contributed by atoms with E-state index < -0.39 is 17.8 Å². The Kier molecular flexibility index (Phi) is 7.45. The van der Waals surface area contributed by atoms with Crippen molar-refractivity contribution in [2.75, 3.05) is 6.54 Å². The van der Waals surface area contributed by atoms with Gasteiger partial charge in [-0.25, -0.2) is 10.3 Å². The van der Waals surface area contributed by atoms with Crippen LogP contribution < -0.4 is 10.8 Å². The van der Waals surface area contributed by atoms with Crippen molar-refractivity contribution < 1.29 is 19.6 Å². The van der Waals surface area contributed by atoms with Gasteiger partial charge in [-0.1, -0.05) is 36.4 Å². The third-order valence-corrected chi connectivity index (χ3v) is 4.60. The summed E-state index contributed by atoms with van der Waals surface area (Å²) in [5, 5.41) is 11.2. The van der Waals surface area contributed by atoms with E-state index in [9.17, 15) is 14.4 Å². The summed E-state index contributed by atoms with van der Waals surface area (Å²) in [4.78, 5) is 42.5. The summed E-state index contributed by atoms with van der Waals surface area (Å²) in [6, 6.07) is 20.0. The first-order valence-corrected chi connectivity index (χ1v) is 9.65. The van der Waals surface area contributed by atoms with E-state index in [0.29, 0.717) is 18.5 Å². The van der Waals surface area contributed by atoms with Gasteiger partial charge in [-0.05, 0) is 42.0 Å². The molecule has 2 aromatic carbocycles. The molecule has 0 fully saturated rings. The predicted molar refractivity (Wildman–Crippen MR) is 113 cm³/mol. The van der Waals surface area contributed by atoms with Gasteiger partial charge in [0.1, 0.15) is 0 Å². The van der Waals surface area contributed by atoms with Crippen molar-refractivity contribution in [3.8, 4) is 0 Å². The molecule has 3 aromatic rings. The maximum Gasteiger partial charge on any atom is 0.324 e. The average molecular weight is 418 g/mol. The number of hydroxylamine groups is 1. The molecule has 0 aliphatic carbocycles. The van der Waals surface area contributed by atoms with Gasteiger partial charge in [0.15, 0.2) is 0 Å². The van der Waals surface area contributed by atoms with Crippen molar-refractivity contribution in [3.63, 3.8) is 0 Å². The highest BCUT2D eigenvalue weighted by Gasteiger charge is 2.18. The summed E-state index contributed by atoms with van der Waals surface area (Å²) >= 11 is 0. The number of nitrogens with zero attached hydrogens (tertiary/aromatic N) is 2. The third-order valence-electron chi connectivity index (χ3n) is 4.60. The number of pyridine rings is 1. The SMILES string of the molecule is O=C(NO)c1ccc(CN(CCc2ccccn2)C(=O)NC(=O)c2ccccc2)cc1. The van der Waals surface area contributed by atoms with Crippen LogP contribution in [0.25, 0.3) is 0 Å². The molecule has 0 saturated carbocycles. The van der Waals surface area contributed by atoms with Crippen LogP contribution in [0.4, 0.5) is 4.79 Å². The molecule has 1 aromatic heterocycles. The summed E-state index contributed by atoms with van der Waals surface area (Å²) in [6.07, 6.45) is 2.20. The van der Waals surface area contributed by atoms with Crippen molar-refractivity contribution in [3.05, 3.63) is 101 Å². The number of imide groups is 1. The van der Waals surface area contributed by atoms with E-state index in [1.807, 2.05) is 18.2 Å². The van der Waals surface area contributed by atoms with Crippen LogP contribution in [0.3, 0.4) is 0 Å². The molecule has 0 saturated heterocycles. The number of rotatable bonds is 7. The second-order valence-electron chi connectivity index (χ2n) is 6.76. The highest BCUT2D eigenvalue weighted by molar-refractivity contribution is 6.04. The van der Waals surface area contributed by atoms with Crippen LogP contribution >= 0.6 is 0 Å².